The maximum Gasteiger partial charge on any atom is 0.184 e. The van der Waals surface area contributed by atoms with Crippen molar-refractivity contribution >= 4 is 50.2 Å². The number of halogens is 1. The van der Waals surface area contributed by atoms with Gasteiger partial charge < -0.3 is 4.98 Å². The summed E-state index contributed by atoms with van der Waals surface area (Å²) < 4.78 is 1.58. The van der Waals surface area contributed by atoms with E-state index in [1.807, 2.05) is 0 Å². The van der Waals surface area contributed by atoms with Crippen LogP contribution in [0.5, 0.6) is 0 Å². The molecule has 3 aromatic rings. The Balaban J connectivity index is 2.03. The molecule has 0 saturated heterocycles. The third-order valence-electron chi connectivity index (χ3n) is 1.75. The molecular formula is C7H3BrN6S2. The summed E-state index contributed by atoms with van der Waals surface area (Å²) in [7, 11) is 0. The first-order valence-corrected chi connectivity index (χ1v) is 6.56. The number of aromatic nitrogens is 6. The van der Waals surface area contributed by atoms with Crippen molar-refractivity contribution in [2.45, 2.75) is 9.37 Å². The van der Waals surface area contributed by atoms with Gasteiger partial charge in [-0.1, -0.05) is 11.3 Å². The zero-order chi connectivity index (χ0) is 11.0. The lowest BCUT2D eigenvalue weighted by atomic mass is 10.6. The quantitative estimate of drug-likeness (QED) is 0.730. The molecule has 0 bridgehead atoms. The van der Waals surface area contributed by atoms with Crippen LogP contribution in [-0.4, -0.2) is 30.1 Å². The summed E-state index contributed by atoms with van der Waals surface area (Å²) in [6, 6.07) is 0. The zero-order valence-corrected chi connectivity index (χ0v) is 10.8. The van der Waals surface area contributed by atoms with Gasteiger partial charge in [0.2, 0.25) is 0 Å². The first-order chi connectivity index (χ1) is 7.83. The van der Waals surface area contributed by atoms with E-state index in [1.54, 1.807) is 6.33 Å². The monoisotopic (exact) mass is 314 g/mol. The highest BCUT2D eigenvalue weighted by Gasteiger charge is 2.10. The summed E-state index contributed by atoms with van der Waals surface area (Å²) in [4.78, 5) is 15.3. The molecule has 3 aromatic heterocycles. The molecule has 0 fully saturated rings. The number of nitrogens with zero attached hydrogens (tertiary/aromatic N) is 5. The molecule has 0 atom stereocenters. The van der Waals surface area contributed by atoms with Gasteiger partial charge in [0.05, 0.1) is 6.33 Å². The number of imidazole rings is 1. The van der Waals surface area contributed by atoms with Crippen molar-refractivity contribution in [2.24, 2.45) is 0 Å². The summed E-state index contributed by atoms with van der Waals surface area (Å²) >= 11 is 6.16. The lowest BCUT2D eigenvalue weighted by molar-refractivity contribution is 0.992. The second-order valence-electron chi connectivity index (χ2n) is 2.70. The third kappa shape index (κ3) is 1.81. The van der Waals surface area contributed by atoms with Gasteiger partial charge in [-0.25, -0.2) is 15.0 Å². The van der Waals surface area contributed by atoms with Crippen LogP contribution in [0.4, 0.5) is 0 Å². The van der Waals surface area contributed by atoms with E-state index < -0.39 is 0 Å². The van der Waals surface area contributed by atoms with Gasteiger partial charge in [-0.15, -0.1) is 10.2 Å². The fourth-order valence-electron chi connectivity index (χ4n) is 1.14. The van der Waals surface area contributed by atoms with Crippen molar-refractivity contribution in [1.29, 1.82) is 0 Å². The van der Waals surface area contributed by atoms with E-state index in [1.165, 1.54) is 29.4 Å². The van der Waals surface area contributed by atoms with Gasteiger partial charge in [0.1, 0.15) is 16.9 Å². The Kier molecular flexibility index (Phi) is 2.58. The number of aromatic amines is 1. The largest absolute Gasteiger partial charge is 0.341 e. The maximum atomic E-state index is 4.19. The molecule has 0 amide bonds. The predicted molar refractivity (Wildman–Crippen MR) is 63.4 cm³/mol. The van der Waals surface area contributed by atoms with Gasteiger partial charge in [0.25, 0.3) is 0 Å². The minimum absolute atomic E-state index is 0.654. The number of nitrogens with one attached hydrogen (secondary N) is 1. The van der Waals surface area contributed by atoms with E-state index in [0.29, 0.717) is 5.65 Å². The second-order valence-corrected chi connectivity index (χ2v) is 6.19. The van der Waals surface area contributed by atoms with Crippen LogP contribution < -0.4 is 0 Å². The highest BCUT2D eigenvalue weighted by Crippen LogP contribution is 2.32. The summed E-state index contributed by atoms with van der Waals surface area (Å²) in [5.74, 6) is 0. The molecule has 0 aliphatic carbocycles. The van der Waals surface area contributed by atoms with Gasteiger partial charge in [-0.05, 0) is 27.7 Å². The van der Waals surface area contributed by atoms with Gasteiger partial charge in [-0.3, -0.25) is 0 Å². The topological polar surface area (TPSA) is 80.2 Å². The second kappa shape index (κ2) is 4.07. The van der Waals surface area contributed by atoms with Crippen molar-refractivity contribution in [3.8, 4) is 0 Å². The lowest BCUT2D eigenvalue weighted by Gasteiger charge is -1.95. The lowest BCUT2D eigenvalue weighted by Crippen LogP contribution is -1.85. The summed E-state index contributed by atoms with van der Waals surface area (Å²) in [6.07, 6.45) is 3.08. The third-order valence-corrected chi connectivity index (χ3v) is 4.16. The van der Waals surface area contributed by atoms with Crippen LogP contribution in [0.2, 0.25) is 0 Å². The van der Waals surface area contributed by atoms with Crippen LogP contribution in [0.3, 0.4) is 0 Å². The predicted octanol–water partition coefficient (Wildman–Crippen LogP) is 2.12. The van der Waals surface area contributed by atoms with Crippen molar-refractivity contribution in [3.05, 3.63) is 16.6 Å². The average Bonchev–Trinajstić information content (AvgIpc) is 2.87. The summed E-state index contributed by atoms with van der Waals surface area (Å²) in [6.45, 7) is 0. The number of rotatable bonds is 2. The standard InChI is InChI=1S/C7H3BrN6S2/c8-6-13-14-7(16-6)15-5-3-4(10-1-9-3)11-2-12-5/h1-2H,(H,9,10,11,12). The highest BCUT2D eigenvalue weighted by atomic mass is 79.9. The van der Waals surface area contributed by atoms with Crippen LogP contribution in [0.15, 0.2) is 25.9 Å². The average molecular weight is 315 g/mol. The molecule has 1 N–H and O–H groups in total. The van der Waals surface area contributed by atoms with E-state index in [0.717, 1.165) is 18.8 Å². The van der Waals surface area contributed by atoms with E-state index in [4.69, 9.17) is 0 Å². The van der Waals surface area contributed by atoms with Gasteiger partial charge in [-0.2, -0.15) is 0 Å². The fraction of sp³-hybridized carbons (Fsp3) is 0. The Bertz CT molecular complexity index is 634. The van der Waals surface area contributed by atoms with Gasteiger partial charge in [0, 0.05) is 0 Å². The van der Waals surface area contributed by atoms with E-state index >= 15 is 0 Å². The molecular weight excluding hydrogens is 312 g/mol. The van der Waals surface area contributed by atoms with Crippen LogP contribution in [0, 0.1) is 0 Å². The number of hydrogen-bond donors (Lipinski definition) is 1. The molecule has 0 spiro atoms. The molecule has 16 heavy (non-hydrogen) atoms. The molecule has 0 aliphatic heterocycles. The number of H-pyrrole nitrogens is 1. The molecule has 0 aromatic carbocycles. The van der Waals surface area contributed by atoms with Crippen molar-refractivity contribution in [1.82, 2.24) is 30.1 Å². The van der Waals surface area contributed by atoms with Crippen LogP contribution in [0.1, 0.15) is 0 Å². The minimum Gasteiger partial charge on any atom is -0.341 e. The molecule has 3 heterocycles. The first kappa shape index (κ1) is 10.1. The van der Waals surface area contributed by atoms with Crippen molar-refractivity contribution < 1.29 is 0 Å². The van der Waals surface area contributed by atoms with E-state index in [-0.39, 0.29) is 0 Å². The van der Waals surface area contributed by atoms with Crippen LogP contribution in [0.25, 0.3) is 11.2 Å². The molecule has 0 saturated carbocycles. The molecule has 3 rings (SSSR count). The van der Waals surface area contributed by atoms with Crippen LogP contribution in [-0.2, 0) is 0 Å². The smallest absolute Gasteiger partial charge is 0.184 e. The van der Waals surface area contributed by atoms with E-state index in [9.17, 15) is 0 Å². The Morgan fingerprint density at radius 1 is 1.25 bits per heavy atom. The molecule has 0 aliphatic rings. The SMILES string of the molecule is Brc1nnc(Sc2ncnc3nc[nH]c23)s1. The first-order valence-electron chi connectivity index (χ1n) is 4.14. The van der Waals surface area contributed by atoms with E-state index in [2.05, 4.69) is 46.1 Å². The number of fused-ring (bicyclic) bond motifs is 1. The van der Waals surface area contributed by atoms with Crippen molar-refractivity contribution in [3.63, 3.8) is 0 Å². The summed E-state index contributed by atoms with van der Waals surface area (Å²) in [5.41, 5.74) is 1.47. The fourth-order valence-corrected chi connectivity index (χ4v) is 3.54. The molecule has 0 radical (unpaired) electrons. The van der Waals surface area contributed by atoms with Gasteiger partial charge in [0.15, 0.2) is 13.9 Å². The molecule has 6 nitrogen and oxygen atoms in total. The Hall–Kier alpha value is -1.06. The Morgan fingerprint density at radius 3 is 3.00 bits per heavy atom. The maximum absolute atomic E-state index is 4.19. The zero-order valence-electron chi connectivity index (χ0n) is 7.59. The molecule has 9 heteroatoms. The number of hydrogen-bond acceptors (Lipinski definition) is 7. The Labute approximate surface area is 106 Å². The normalized spacial score (nSPS) is 11.1. The van der Waals surface area contributed by atoms with Crippen LogP contribution >= 0.6 is 39.0 Å². The van der Waals surface area contributed by atoms with Gasteiger partial charge >= 0.3 is 0 Å². The molecule has 0 unspecified atom stereocenters. The van der Waals surface area contributed by atoms with Crippen molar-refractivity contribution in [2.75, 3.05) is 0 Å². The minimum atomic E-state index is 0.654. The highest BCUT2D eigenvalue weighted by molar-refractivity contribution is 9.11. The molecule has 80 valence electrons. The Morgan fingerprint density at radius 2 is 2.19 bits per heavy atom. The summed E-state index contributed by atoms with van der Waals surface area (Å²) in [5, 5.41) is 8.67.